The number of halogens is 3. The molecule has 1 amide bonds. The minimum Gasteiger partial charge on any atom is -0.397 e. The van der Waals surface area contributed by atoms with E-state index >= 15 is 0 Å². The number of anilines is 2. The number of nitrogens with two attached hydrogens (primary N) is 1. The van der Waals surface area contributed by atoms with Crippen LogP contribution in [0.25, 0.3) is 0 Å². The van der Waals surface area contributed by atoms with Gasteiger partial charge in [0.15, 0.2) is 0 Å². The third-order valence-corrected chi connectivity index (χ3v) is 3.15. The molecule has 1 aromatic carbocycles. The van der Waals surface area contributed by atoms with E-state index in [-0.39, 0.29) is 17.5 Å². The lowest BCUT2D eigenvalue weighted by Gasteiger charge is -2.24. The number of amides is 1. The van der Waals surface area contributed by atoms with Crippen molar-refractivity contribution < 1.29 is 18.0 Å². The molecule has 1 aliphatic rings. The summed E-state index contributed by atoms with van der Waals surface area (Å²) in [5, 5.41) is 2.46. The Morgan fingerprint density at radius 3 is 2.50 bits per heavy atom. The molecule has 3 nitrogen and oxygen atoms in total. The first kappa shape index (κ1) is 12.7. The fraction of sp³-hybridized carbons (Fsp3) is 0.417. The Morgan fingerprint density at radius 1 is 1.33 bits per heavy atom. The molecule has 0 unspecified atom stereocenters. The average Bonchev–Trinajstić information content (AvgIpc) is 2.16. The van der Waals surface area contributed by atoms with Gasteiger partial charge in [-0.1, -0.05) is 12.5 Å². The van der Waals surface area contributed by atoms with E-state index in [9.17, 15) is 18.0 Å². The molecule has 1 aliphatic carbocycles. The molecule has 1 aromatic rings. The predicted molar refractivity (Wildman–Crippen MR) is 61.8 cm³/mol. The lowest BCUT2D eigenvalue weighted by Crippen LogP contribution is -2.28. The summed E-state index contributed by atoms with van der Waals surface area (Å²) in [6.07, 6.45) is -1.97. The molecule has 1 saturated carbocycles. The average molecular weight is 258 g/mol. The normalized spacial score (nSPS) is 16.2. The fourth-order valence-electron chi connectivity index (χ4n) is 1.83. The summed E-state index contributed by atoms with van der Waals surface area (Å²) in [5.41, 5.74) is 4.12. The van der Waals surface area contributed by atoms with Gasteiger partial charge in [0.1, 0.15) is 0 Å². The molecule has 3 N–H and O–H groups in total. The number of nitrogen functional groups attached to an aromatic ring is 1. The Morgan fingerprint density at radius 2 is 2.00 bits per heavy atom. The van der Waals surface area contributed by atoms with Crippen LogP contribution in [0.1, 0.15) is 24.8 Å². The molecule has 0 aliphatic heterocycles. The van der Waals surface area contributed by atoms with Crippen LogP contribution in [0.15, 0.2) is 18.2 Å². The van der Waals surface area contributed by atoms with Gasteiger partial charge in [-0.05, 0) is 25.0 Å². The molecule has 0 heterocycles. The standard InChI is InChI=1S/C12H13F3N2O/c13-12(14,15)8-5-2-6-9(10(8)16)17-11(18)7-3-1-4-7/h2,5-7H,1,3-4,16H2,(H,17,18). The van der Waals surface area contributed by atoms with Gasteiger partial charge in [0.2, 0.25) is 5.91 Å². The van der Waals surface area contributed by atoms with E-state index in [1.807, 2.05) is 0 Å². The number of hydrogen-bond donors (Lipinski definition) is 2. The highest BCUT2D eigenvalue weighted by Crippen LogP contribution is 2.37. The van der Waals surface area contributed by atoms with Crippen LogP contribution in [0.3, 0.4) is 0 Å². The van der Waals surface area contributed by atoms with E-state index in [0.717, 1.165) is 25.3 Å². The summed E-state index contributed by atoms with van der Waals surface area (Å²) in [5.74, 6) is -0.355. The summed E-state index contributed by atoms with van der Waals surface area (Å²) in [6, 6.07) is 3.51. The Hall–Kier alpha value is -1.72. The molecule has 0 radical (unpaired) electrons. The van der Waals surface area contributed by atoms with Crippen LogP contribution in [-0.4, -0.2) is 5.91 Å². The summed E-state index contributed by atoms with van der Waals surface area (Å²) in [6.45, 7) is 0. The van der Waals surface area contributed by atoms with Crippen molar-refractivity contribution in [3.8, 4) is 0 Å². The van der Waals surface area contributed by atoms with Gasteiger partial charge in [-0.3, -0.25) is 4.79 Å². The van der Waals surface area contributed by atoms with Crippen molar-refractivity contribution >= 4 is 17.3 Å². The Kier molecular flexibility index (Phi) is 3.19. The van der Waals surface area contributed by atoms with Gasteiger partial charge in [0.25, 0.3) is 0 Å². The van der Waals surface area contributed by atoms with Gasteiger partial charge < -0.3 is 11.1 Å². The van der Waals surface area contributed by atoms with E-state index in [4.69, 9.17) is 5.73 Å². The minimum absolute atomic E-state index is 0.0294. The number of carbonyl (C=O) groups excluding carboxylic acids is 1. The Balaban J connectivity index is 2.20. The van der Waals surface area contributed by atoms with E-state index < -0.39 is 17.4 Å². The summed E-state index contributed by atoms with van der Waals surface area (Å²) >= 11 is 0. The lowest BCUT2D eigenvalue weighted by atomic mass is 9.85. The van der Waals surface area contributed by atoms with Gasteiger partial charge in [0.05, 0.1) is 16.9 Å². The number of nitrogens with one attached hydrogen (secondary N) is 1. The van der Waals surface area contributed by atoms with Crippen molar-refractivity contribution in [1.82, 2.24) is 0 Å². The summed E-state index contributed by atoms with van der Waals surface area (Å²) in [7, 11) is 0. The maximum atomic E-state index is 12.6. The third-order valence-electron chi connectivity index (χ3n) is 3.15. The molecule has 1 fully saturated rings. The van der Waals surface area contributed by atoms with Crippen LogP contribution < -0.4 is 11.1 Å². The topological polar surface area (TPSA) is 55.1 Å². The molecule has 6 heteroatoms. The Labute approximate surface area is 102 Å². The molecule has 2 rings (SSSR count). The van der Waals surface area contributed by atoms with Gasteiger partial charge >= 0.3 is 6.18 Å². The van der Waals surface area contributed by atoms with E-state index in [1.165, 1.54) is 12.1 Å². The van der Waals surface area contributed by atoms with Crippen LogP contribution in [-0.2, 0) is 11.0 Å². The van der Waals surface area contributed by atoms with E-state index in [0.29, 0.717) is 0 Å². The zero-order valence-corrected chi connectivity index (χ0v) is 9.55. The number of alkyl halides is 3. The predicted octanol–water partition coefficient (Wildman–Crippen LogP) is 3.03. The van der Waals surface area contributed by atoms with Gasteiger partial charge in [-0.25, -0.2) is 0 Å². The van der Waals surface area contributed by atoms with Crippen molar-refractivity contribution in [3.63, 3.8) is 0 Å². The smallest absolute Gasteiger partial charge is 0.397 e. The molecule has 0 bridgehead atoms. The second-order valence-electron chi connectivity index (χ2n) is 4.38. The van der Waals surface area contributed by atoms with Gasteiger partial charge in [-0.2, -0.15) is 13.2 Å². The van der Waals surface area contributed by atoms with Crippen LogP contribution in [0.5, 0.6) is 0 Å². The monoisotopic (exact) mass is 258 g/mol. The SMILES string of the molecule is Nc1c(NC(=O)C2CCC2)cccc1C(F)(F)F. The van der Waals surface area contributed by atoms with Crippen LogP contribution in [0.4, 0.5) is 24.5 Å². The van der Waals surface area contributed by atoms with Crippen molar-refractivity contribution in [2.24, 2.45) is 5.92 Å². The van der Waals surface area contributed by atoms with Gasteiger partial charge in [-0.15, -0.1) is 0 Å². The molecular weight excluding hydrogens is 245 g/mol. The number of para-hydroxylation sites is 1. The largest absolute Gasteiger partial charge is 0.418 e. The van der Waals surface area contributed by atoms with Crippen LogP contribution in [0, 0.1) is 5.92 Å². The quantitative estimate of drug-likeness (QED) is 0.801. The van der Waals surface area contributed by atoms with E-state index in [2.05, 4.69) is 5.32 Å². The van der Waals surface area contributed by atoms with Crippen molar-refractivity contribution in [2.45, 2.75) is 25.4 Å². The van der Waals surface area contributed by atoms with E-state index in [1.54, 1.807) is 0 Å². The number of rotatable bonds is 2. The third kappa shape index (κ3) is 2.42. The van der Waals surface area contributed by atoms with Crippen LogP contribution >= 0.6 is 0 Å². The summed E-state index contributed by atoms with van der Waals surface area (Å²) < 4.78 is 37.8. The molecule has 18 heavy (non-hydrogen) atoms. The molecule has 98 valence electrons. The first-order chi connectivity index (χ1) is 8.39. The highest BCUT2D eigenvalue weighted by Gasteiger charge is 2.34. The first-order valence-electron chi connectivity index (χ1n) is 5.66. The molecule has 0 aromatic heterocycles. The second-order valence-corrected chi connectivity index (χ2v) is 4.38. The Bertz CT molecular complexity index is 467. The second kappa shape index (κ2) is 4.51. The zero-order chi connectivity index (χ0) is 13.3. The van der Waals surface area contributed by atoms with Crippen molar-refractivity contribution in [3.05, 3.63) is 23.8 Å². The number of benzene rings is 1. The zero-order valence-electron chi connectivity index (χ0n) is 9.55. The maximum Gasteiger partial charge on any atom is 0.418 e. The number of hydrogen-bond acceptors (Lipinski definition) is 2. The molecule has 0 atom stereocenters. The van der Waals surface area contributed by atoms with Crippen molar-refractivity contribution in [1.29, 1.82) is 0 Å². The molecule has 0 saturated heterocycles. The number of carbonyl (C=O) groups is 1. The maximum absolute atomic E-state index is 12.6. The van der Waals surface area contributed by atoms with Crippen molar-refractivity contribution in [2.75, 3.05) is 11.1 Å². The summed E-state index contributed by atoms with van der Waals surface area (Å²) in [4.78, 5) is 11.7. The van der Waals surface area contributed by atoms with Gasteiger partial charge in [0, 0.05) is 5.92 Å². The first-order valence-corrected chi connectivity index (χ1v) is 5.66. The fourth-order valence-corrected chi connectivity index (χ4v) is 1.83. The highest BCUT2D eigenvalue weighted by atomic mass is 19.4. The molecule has 0 spiro atoms. The molecular formula is C12H13F3N2O. The minimum atomic E-state index is -4.51. The lowest BCUT2D eigenvalue weighted by molar-refractivity contribution is -0.137. The van der Waals surface area contributed by atoms with Crippen LogP contribution in [0.2, 0.25) is 0 Å². The highest BCUT2D eigenvalue weighted by molar-refractivity contribution is 5.96.